The molecule has 13 heavy (non-hydrogen) atoms. The first-order valence-corrected chi connectivity index (χ1v) is 4.33. The number of aliphatic hydroxyl groups is 2. The molecule has 0 aromatic heterocycles. The highest BCUT2D eigenvalue weighted by molar-refractivity contribution is 5.40. The van der Waals surface area contributed by atoms with E-state index in [9.17, 15) is 10.2 Å². The normalized spacial score (nSPS) is 26.5. The number of rotatable bonds is 0. The zero-order chi connectivity index (χ0) is 9.42. The molecule has 0 spiro atoms. The number of hydrogen-bond donors (Lipinski definition) is 2. The second-order valence-corrected chi connectivity index (χ2v) is 3.39. The highest BCUT2D eigenvalue weighted by atomic mass is 16.3. The topological polar surface area (TPSA) is 40.5 Å². The maximum atomic E-state index is 9.77. The maximum Gasteiger partial charge on any atom is 0.100 e. The van der Waals surface area contributed by atoms with E-state index in [1.807, 2.05) is 31.2 Å². The third-order valence-electron chi connectivity index (χ3n) is 2.46. The molecule has 0 aliphatic heterocycles. The van der Waals surface area contributed by atoms with E-state index in [4.69, 9.17) is 0 Å². The average molecular weight is 176 g/mol. The van der Waals surface area contributed by atoms with Gasteiger partial charge < -0.3 is 10.2 Å². The zero-order valence-corrected chi connectivity index (χ0v) is 7.44. The molecule has 2 nitrogen and oxygen atoms in total. The van der Waals surface area contributed by atoms with Gasteiger partial charge in [0.05, 0.1) is 6.10 Å². The van der Waals surface area contributed by atoms with Crippen LogP contribution in [0.4, 0.5) is 0 Å². The Morgan fingerprint density at radius 2 is 1.69 bits per heavy atom. The molecule has 0 amide bonds. The maximum absolute atomic E-state index is 9.77. The summed E-state index contributed by atoms with van der Waals surface area (Å²) < 4.78 is 0. The Morgan fingerprint density at radius 1 is 1.08 bits per heavy atom. The van der Waals surface area contributed by atoms with Crippen molar-refractivity contribution >= 4 is 0 Å². The fourth-order valence-electron chi connectivity index (χ4n) is 1.70. The standard InChI is InChI=1S/C11H12O2/c1-7-6-10(12)8-4-2-3-5-9(8)11(7)13/h2-6,10-13H,1H3. The van der Waals surface area contributed by atoms with Crippen LogP contribution in [0.15, 0.2) is 35.9 Å². The molecule has 0 heterocycles. The Morgan fingerprint density at radius 3 is 2.38 bits per heavy atom. The van der Waals surface area contributed by atoms with Gasteiger partial charge in [-0.3, -0.25) is 0 Å². The van der Waals surface area contributed by atoms with Crippen molar-refractivity contribution in [3.8, 4) is 0 Å². The Labute approximate surface area is 77.1 Å². The first-order chi connectivity index (χ1) is 6.20. The SMILES string of the molecule is CC1=CC(O)c2ccccc2C1O. The lowest BCUT2D eigenvalue weighted by atomic mass is 9.88. The minimum Gasteiger partial charge on any atom is -0.384 e. The van der Waals surface area contributed by atoms with Gasteiger partial charge in [-0.25, -0.2) is 0 Å². The van der Waals surface area contributed by atoms with Crippen LogP contribution in [0.5, 0.6) is 0 Å². The third kappa shape index (κ3) is 1.28. The minimum absolute atomic E-state index is 0.556. The van der Waals surface area contributed by atoms with E-state index >= 15 is 0 Å². The van der Waals surface area contributed by atoms with Crippen LogP contribution >= 0.6 is 0 Å². The van der Waals surface area contributed by atoms with Crippen LogP contribution in [0, 0.1) is 0 Å². The summed E-state index contributed by atoms with van der Waals surface area (Å²) in [6.07, 6.45) is 0.562. The minimum atomic E-state index is -0.570. The number of aliphatic hydroxyl groups excluding tert-OH is 2. The molecule has 68 valence electrons. The zero-order valence-electron chi connectivity index (χ0n) is 7.44. The second kappa shape index (κ2) is 2.98. The summed E-state index contributed by atoms with van der Waals surface area (Å²) in [6.45, 7) is 1.82. The van der Waals surface area contributed by atoms with Crippen molar-refractivity contribution in [1.29, 1.82) is 0 Å². The highest BCUT2D eigenvalue weighted by Crippen LogP contribution is 2.34. The van der Waals surface area contributed by atoms with Crippen LogP contribution in [0.25, 0.3) is 0 Å². The lowest BCUT2D eigenvalue weighted by molar-refractivity contribution is 0.178. The molecule has 0 saturated heterocycles. The van der Waals surface area contributed by atoms with Gasteiger partial charge in [-0.2, -0.15) is 0 Å². The summed E-state index contributed by atoms with van der Waals surface area (Å²) >= 11 is 0. The monoisotopic (exact) mass is 176 g/mol. The molecule has 1 aliphatic carbocycles. The summed E-state index contributed by atoms with van der Waals surface area (Å²) in [7, 11) is 0. The van der Waals surface area contributed by atoms with Crippen molar-refractivity contribution in [3.63, 3.8) is 0 Å². The Kier molecular flexibility index (Phi) is 1.94. The van der Waals surface area contributed by atoms with E-state index in [2.05, 4.69) is 0 Å². The van der Waals surface area contributed by atoms with Gasteiger partial charge in [0.2, 0.25) is 0 Å². The predicted molar refractivity (Wildman–Crippen MR) is 50.1 cm³/mol. The van der Waals surface area contributed by atoms with Crippen molar-refractivity contribution in [2.24, 2.45) is 0 Å². The molecule has 1 aromatic carbocycles. The summed E-state index contributed by atoms with van der Waals surface area (Å²) in [4.78, 5) is 0. The average Bonchev–Trinajstić information content (AvgIpc) is 2.15. The van der Waals surface area contributed by atoms with Gasteiger partial charge in [0.15, 0.2) is 0 Å². The summed E-state index contributed by atoms with van der Waals surface area (Å²) in [5.74, 6) is 0. The molecule has 2 atom stereocenters. The molecule has 1 aliphatic rings. The van der Waals surface area contributed by atoms with Crippen LogP contribution in [0.3, 0.4) is 0 Å². The van der Waals surface area contributed by atoms with Crippen LogP contribution < -0.4 is 0 Å². The molecule has 2 heteroatoms. The lowest BCUT2D eigenvalue weighted by Gasteiger charge is -2.24. The van der Waals surface area contributed by atoms with Crippen LogP contribution in [0.1, 0.15) is 30.3 Å². The van der Waals surface area contributed by atoms with Crippen molar-refractivity contribution in [1.82, 2.24) is 0 Å². The Hall–Kier alpha value is -1.12. The molecule has 2 N–H and O–H groups in total. The summed E-state index contributed by atoms with van der Waals surface area (Å²) in [6, 6.07) is 7.42. The molecule has 1 aromatic rings. The van der Waals surface area contributed by atoms with Crippen LogP contribution in [0.2, 0.25) is 0 Å². The van der Waals surface area contributed by atoms with Crippen LogP contribution in [-0.4, -0.2) is 10.2 Å². The van der Waals surface area contributed by atoms with Gasteiger partial charge in [0.25, 0.3) is 0 Å². The highest BCUT2D eigenvalue weighted by Gasteiger charge is 2.22. The van der Waals surface area contributed by atoms with E-state index in [-0.39, 0.29) is 0 Å². The molecule has 0 radical (unpaired) electrons. The second-order valence-electron chi connectivity index (χ2n) is 3.39. The molecule has 0 saturated carbocycles. The first-order valence-electron chi connectivity index (χ1n) is 4.33. The summed E-state index contributed by atoms with van der Waals surface area (Å²) in [5.41, 5.74) is 2.43. The van der Waals surface area contributed by atoms with Crippen LogP contribution in [-0.2, 0) is 0 Å². The quantitative estimate of drug-likeness (QED) is 0.591. The number of fused-ring (bicyclic) bond motifs is 1. The third-order valence-corrected chi connectivity index (χ3v) is 2.46. The van der Waals surface area contributed by atoms with E-state index in [1.165, 1.54) is 0 Å². The molecule has 0 fully saturated rings. The fraction of sp³-hybridized carbons (Fsp3) is 0.273. The Balaban J connectivity index is 2.55. The molecular weight excluding hydrogens is 164 g/mol. The van der Waals surface area contributed by atoms with Gasteiger partial charge in [0.1, 0.15) is 6.10 Å². The van der Waals surface area contributed by atoms with E-state index in [1.54, 1.807) is 6.08 Å². The molecule has 0 bridgehead atoms. The van der Waals surface area contributed by atoms with Gasteiger partial charge in [-0.1, -0.05) is 24.3 Å². The molecule has 2 rings (SSSR count). The van der Waals surface area contributed by atoms with E-state index in [0.717, 1.165) is 16.7 Å². The van der Waals surface area contributed by atoms with Crippen molar-refractivity contribution in [2.75, 3.05) is 0 Å². The predicted octanol–water partition coefficient (Wildman–Crippen LogP) is 1.71. The molecule has 2 unspecified atom stereocenters. The van der Waals surface area contributed by atoms with Gasteiger partial charge >= 0.3 is 0 Å². The van der Waals surface area contributed by atoms with Crippen molar-refractivity contribution in [2.45, 2.75) is 19.1 Å². The molecular formula is C11H12O2. The van der Waals surface area contributed by atoms with Gasteiger partial charge in [-0.05, 0) is 29.7 Å². The van der Waals surface area contributed by atoms with Gasteiger partial charge in [0, 0.05) is 0 Å². The van der Waals surface area contributed by atoms with E-state index < -0.39 is 12.2 Å². The largest absolute Gasteiger partial charge is 0.384 e. The Bertz CT molecular complexity index is 355. The smallest absolute Gasteiger partial charge is 0.100 e. The van der Waals surface area contributed by atoms with Gasteiger partial charge in [-0.15, -0.1) is 0 Å². The van der Waals surface area contributed by atoms with Crippen molar-refractivity contribution in [3.05, 3.63) is 47.0 Å². The summed E-state index contributed by atoms with van der Waals surface area (Å²) in [5, 5.41) is 19.4. The number of hydrogen-bond acceptors (Lipinski definition) is 2. The van der Waals surface area contributed by atoms with Crippen molar-refractivity contribution < 1.29 is 10.2 Å². The number of benzene rings is 1. The fourth-order valence-corrected chi connectivity index (χ4v) is 1.70. The van der Waals surface area contributed by atoms with E-state index in [0.29, 0.717) is 0 Å². The lowest BCUT2D eigenvalue weighted by Crippen LogP contribution is -2.12. The first kappa shape index (κ1) is 8.48.